The minimum atomic E-state index is -1.07. The van der Waals surface area contributed by atoms with Crippen LogP contribution in [0, 0.1) is 0 Å². The number of rotatable bonds is 4. The van der Waals surface area contributed by atoms with E-state index >= 15 is 0 Å². The number of para-hydroxylation sites is 1. The molecule has 2 rings (SSSR count). The second-order valence-corrected chi connectivity index (χ2v) is 4.93. The zero-order valence-corrected chi connectivity index (χ0v) is 11.8. The van der Waals surface area contributed by atoms with Gasteiger partial charge in [0.25, 0.3) is 5.91 Å². The second kappa shape index (κ2) is 6.17. The summed E-state index contributed by atoms with van der Waals surface area (Å²) in [7, 11) is 0. The van der Waals surface area contributed by atoms with Gasteiger partial charge < -0.3 is 10.4 Å². The third-order valence-electron chi connectivity index (χ3n) is 3.07. The average Bonchev–Trinajstić information content (AvgIpc) is 2.47. The van der Waals surface area contributed by atoms with Crippen molar-refractivity contribution < 1.29 is 14.7 Å². The lowest BCUT2D eigenvalue weighted by Gasteiger charge is -2.13. The molecule has 0 atom stereocenters. The molecule has 1 aromatic carbocycles. The van der Waals surface area contributed by atoms with Gasteiger partial charge in [0.2, 0.25) is 0 Å². The largest absolute Gasteiger partial charge is 0.478 e. The number of benzene rings is 1. The van der Waals surface area contributed by atoms with E-state index in [2.05, 4.69) is 10.3 Å². The van der Waals surface area contributed by atoms with E-state index in [4.69, 9.17) is 5.11 Å². The molecule has 0 aliphatic heterocycles. The number of hydrogen-bond donors (Lipinski definition) is 2. The molecule has 5 heteroatoms. The quantitative estimate of drug-likeness (QED) is 0.903. The Hall–Kier alpha value is -2.69. The molecular formula is C16H16N2O3. The molecule has 108 valence electrons. The Kier molecular flexibility index (Phi) is 4.33. The van der Waals surface area contributed by atoms with Crippen molar-refractivity contribution in [2.75, 3.05) is 5.32 Å². The highest BCUT2D eigenvalue weighted by molar-refractivity contribution is 6.03. The van der Waals surface area contributed by atoms with Gasteiger partial charge in [0.1, 0.15) is 5.69 Å². The minimum absolute atomic E-state index is 0.0501. The molecular weight excluding hydrogens is 268 g/mol. The number of aromatic carboxylic acids is 1. The summed E-state index contributed by atoms with van der Waals surface area (Å²) in [6.45, 7) is 4.09. The molecule has 1 heterocycles. The summed E-state index contributed by atoms with van der Waals surface area (Å²) >= 11 is 0. The smallest absolute Gasteiger partial charge is 0.337 e. The van der Waals surface area contributed by atoms with Gasteiger partial charge in [-0.1, -0.05) is 32.0 Å². The Bertz CT molecular complexity index is 663. The predicted octanol–water partition coefficient (Wildman–Crippen LogP) is 3.16. The molecule has 0 fully saturated rings. The highest BCUT2D eigenvalue weighted by Gasteiger charge is 2.12. The van der Waals surface area contributed by atoms with E-state index < -0.39 is 5.97 Å². The van der Waals surface area contributed by atoms with Crippen LogP contribution in [0.2, 0.25) is 0 Å². The van der Waals surface area contributed by atoms with Crippen molar-refractivity contribution in [2.45, 2.75) is 19.8 Å². The maximum Gasteiger partial charge on any atom is 0.337 e. The molecule has 0 radical (unpaired) electrons. The lowest BCUT2D eigenvalue weighted by atomic mass is 10.0. The van der Waals surface area contributed by atoms with Crippen molar-refractivity contribution in [3.63, 3.8) is 0 Å². The molecule has 0 saturated carbocycles. The molecule has 1 amide bonds. The van der Waals surface area contributed by atoms with E-state index in [1.54, 1.807) is 0 Å². The number of pyridine rings is 1. The Morgan fingerprint density at radius 1 is 1.14 bits per heavy atom. The third kappa shape index (κ3) is 3.45. The first-order chi connectivity index (χ1) is 9.99. The maximum atomic E-state index is 12.1. The fraction of sp³-hybridized carbons (Fsp3) is 0.188. The number of nitrogens with one attached hydrogen (secondary N) is 1. The Morgan fingerprint density at radius 3 is 2.43 bits per heavy atom. The molecule has 5 nitrogen and oxygen atoms in total. The van der Waals surface area contributed by atoms with Crippen molar-refractivity contribution in [1.29, 1.82) is 0 Å². The summed E-state index contributed by atoms with van der Waals surface area (Å²) < 4.78 is 0. The van der Waals surface area contributed by atoms with Crippen LogP contribution in [-0.4, -0.2) is 22.0 Å². The molecule has 2 aromatic rings. The lowest BCUT2D eigenvalue weighted by Crippen LogP contribution is -2.15. The number of amides is 1. The van der Waals surface area contributed by atoms with Crippen molar-refractivity contribution in [2.24, 2.45) is 0 Å². The number of aromatic nitrogens is 1. The van der Waals surface area contributed by atoms with Crippen molar-refractivity contribution in [3.8, 4) is 0 Å². The van der Waals surface area contributed by atoms with Gasteiger partial charge in [-0.3, -0.25) is 9.78 Å². The van der Waals surface area contributed by atoms with Crippen LogP contribution in [0.4, 0.5) is 5.69 Å². The van der Waals surface area contributed by atoms with E-state index in [0.29, 0.717) is 0 Å². The van der Waals surface area contributed by atoms with Gasteiger partial charge in [0, 0.05) is 11.9 Å². The van der Waals surface area contributed by atoms with Crippen LogP contribution < -0.4 is 5.32 Å². The van der Waals surface area contributed by atoms with Gasteiger partial charge in [-0.25, -0.2) is 4.79 Å². The molecule has 0 spiro atoms. The van der Waals surface area contributed by atoms with Gasteiger partial charge in [0.15, 0.2) is 0 Å². The van der Waals surface area contributed by atoms with Gasteiger partial charge >= 0.3 is 5.97 Å². The summed E-state index contributed by atoms with van der Waals surface area (Å²) in [4.78, 5) is 26.8. The fourth-order valence-corrected chi connectivity index (χ4v) is 1.96. The zero-order chi connectivity index (χ0) is 15.4. The topological polar surface area (TPSA) is 79.3 Å². The first kappa shape index (κ1) is 14.7. The summed E-state index contributed by atoms with van der Waals surface area (Å²) in [5, 5.41) is 11.6. The number of hydrogen-bond acceptors (Lipinski definition) is 3. The molecule has 2 N–H and O–H groups in total. The van der Waals surface area contributed by atoms with E-state index in [1.165, 1.54) is 18.3 Å². The first-order valence-electron chi connectivity index (χ1n) is 6.58. The van der Waals surface area contributed by atoms with E-state index in [9.17, 15) is 9.59 Å². The van der Waals surface area contributed by atoms with Crippen molar-refractivity contribution in [1.82, 2.24) is 4.98 Å². The van der Waals surface area contributed by atoms with Gasteiger partial charge in [0.05, 0.1) is 5.56 Å². The molecule has 0 bridgehead atoms. The van der Waals surface area contributed by atoms with E-state index in [1.807, 2.05) is 38.1 Å². The number of carbonyl (C=O) groups is 2. The normalized spacial score (nSPS) is 10.4. The SMILES string of the molecule is CC(C)c1ccccc1NC(=O)c1ccc(C(=O)O)cn1. The maximum absolute atomic E-state index is 12.1. The summed E-state index contributed by atoms with van der Waals surface area (Å²) in [6, 6.07) is 10.3. The summed E-state index contributed by atoms with van der Waals surface area (Å²) in [5.74, 6) is -1.15. The van der Waals surface area contributed by atoms with E-state index in [0.717, 1.165) is 11.3 Å². The molecule has 0 aliphatic carbocycles. The van der Waals surface area contributed by atoms with Crippen molar-refractivity contribution >= 4 is 17.6 Å². The average molecular weight is 284 g/mol. The summed E-state index contributed by atoms with van der Waals surface area (Å²) in [5.41, 5.74) is 2.00. The number of nitrogens with zero attached hydrogens (tertiary/aromatic N) is 1. The number of carboxylic acids is 1. The minimum Gasteiger partial charge on any atom is -0.478 e. The predicted molar refractivity (Wildman–Crippen MR) is 79.7 cm³/mol. The van der Waals surface area contributed by atoms with Crippen LogP contribution in [0.25, 0.3) is 0 Å². The Morgan fingerprint density at radius 2 is 1.86 bits per heavy atom. The lowest BCUT2D eigenvalue weighted by molar-refractivity contribution is 0.0696. The first-order valence-corrected chi connectivity index (χ1v) is 6.58. The van der Waals surface area contributed by atoms with Gasteiger partial charge in [-0.05, 0) is 29.7 Å². The Labute approximate surface area is 122 Å². The molecule has 0 unspecified atom stereocenters. The molecule has 1 aromatic heterocycles. The van der Waals surface area contributed by atoms with Crippen LogP contribution in [0.5, 0.6) is 0 Å². The van der Waals surface area contributed by atoms with Crippen LogP contribution in [-0.2, 0) is 0 Å². The number of carboxylic acid groups (broad SMARTS) is 1. The number of carbonyl (C=O) groups excluding carboxylic acids is 1. The van der Waals surface area contributed by atoms with Crippen LogP contribution in [0.1, 0.15) is 46.2 Å². The zero-order valence-electron chi connectivity index (χ0n) is 11.8. The van der Waals surface area contributed by atoms with Crippen LogP contribution in [0.3, 0.4) is 0 Å². The van der Waals surface area contributed by atoms with E-state index in [-0.39, 0.29) is 23.1 Å². The van der Waals surface area contributed by atoms with Gasteiger partial charge in [-0.15, -0.1) is 0 Å². The summed E-state index contributed by atoms with van der Waals surface area (Å²) in [6.07, 6.45) is 1.17. The fourth-order valence-electron chi connectivity index (χ4n) is 1.96. The molecule has 0 saturated heterocycles. The van der Waals surface area contributed by atoms with Crippen molar-refractivity contribution in [3.05, 3.63) is 59.4 Å². The standard InChI is InChI=1S/C16H16N2O3/c1-10(2)12-5-3-4-6-13(12)18-15(19)14-8-7-11(9-17-14)16(20)21/h3-10H,1-2H3,(H,18,19)(H,20,21). The van der Waals surface area contributed by atoms with Gasteiger partial charge in [-0.2, -0.15) is 0 Å². The highest BCUT2D eigenvalue weighted by Crippen LogP contribution is 2.24. The third-order valence-corrected chi connectivity index (χ3v) is 3.07. The van der Waals surface area contributed by atoms with Crippen LogP contribution >= 0.6 is 0 Å². The number of anilines is 1. The molecule has 21 heavy (non-hydrogen) atoms. The highest BCUT2D eigenvalue weighted by atomic mass is 16.4. The monoisotopic (exact) mass is 284 g/mol. The van der Waals surface area contributed by atoms with Crippen LogP contribution in [0.15, 0.2) is 42.6 Å². The second-order valence-electron chi connectivity index (χ2n) is 4.93. The Balaban J connectivity index is 2.20. The molecule has 0 aliphatic rings.